The number of nitrogens with zero attached hydrogens (tertiary/aromatic N) is 1. The van der Waals surface area contributed by atoms with Gasteiger partial charge in [0.25, 0.3) is 0 Å². The molecule has 1 heterocycles. The molecule has 0 aliphatic heterocycles. The van der Waals surface area contributed by atoms with Crippen LogP contribution in [0, 0.1) is 6.92 Å². The molecule has 0 spiro atoms. The Morgan fingerprint density at radius 2 is 2.57 bits per heavy atom. The summed E-state index contributed by atoms with van der Waals surface area (Å²) in [5, 5.41) is 3.34. The SMILES string of the molecule is C=COCCCNCc1scnc1C. The first-order valence-electron chi connectivity index (χ1n) is 4.66. The molecule has 3 nitrogen and oxygen atoms in total. The fourth-order valence-electron chi connectivity index (χ4n) is 1.06. The number of aryl methyl sites for hydroxylation is 1. The largest absolute Gasteiger partial charge is 0.502 e. The van der Waals surface area contributed by atoms with Crippen LogP contribution in [0.5, 0.6) is 0 Å². The zero-order valence-corrected chi connectivity index (χ0v) is 9.27. The smallest absolute Gasteiger partial charge is 0.0885 e. The first kappa shape index (κ1) is 11.2. The van der Waals surface area contributed by atoms with E-state index in [0.29, 0.717) is 0 Å². The van der Waals surface area contributed by atoms with E-state index in [0.717, 1.165) is 31.8 Å². The third-order valence-corrected chi connectivity index (χ3v) is 2.80. The summed E-state index contributed by atoms with van der Waals surface area (Å²) in [4.78, 5) is 5.50. The van der Waals surface area contributed by atoms with Gasteiger partial charge in [0, 0.05) is 11.4 Å². The third-order valence-electron chi connectivity index (χ3n) is 1.86. The molecule has 1 aromatic rings. The topological polar surface area (TPSA) is 34.1 Å². The Bertz CT molecular complexity index is 273. The van der Waals surface area contributed by atoms with Gasteiger partial charge in [0.05, 0.1) is 24.1 Å². The van der Waals surface area contributed by atoms with Gasteiger partial charge in [-0.3, -0.25) is 0 Å². The summed E-state index contributed by atoms with van der Waals surface area (Å²) in [7, 11) is 0. The third kappa shape index (κ3) is 3.89. The zero-order valence-electron chi connectivity index (χ0n) is 8.45. The van der Waals surface area contributed by atoms with Crippen molar-refractivity contribution in [1.29, 1.82) is 0 Å². The molecular formula is C10H16N2OS. The number of rotatable bonds is 7. The molecule has 0 aliphatic carbocycles. The van der Waals surface area contributed by atoms with Crippen LogP contribution < -0.4 is 5.32 Å². The Hall–Kier alpha value is -0.870. The number of nitrogens with one attached hydrogen (secondary N) is 1. The van der Waals surface area contributed by atoms with Crippen molar-refractivity contribution in [1.82, 2.24) is 10.3 Å². The molecule has 14 heavy (non-hydrogen) atoms. The van der Waals surface area contributed by atoms with E-state index >= 15 is 0 Å². The molecule has 0 radical (unpaired) electrons. The van der Waals surface area contributed by atoms with Crippen molar-refractivity contribution in [3.05, 3.63) is 28.9 Å². The maximum atomic E-state index is 5.01. The van der Waals surface area contributed by atoms with Crippen molar-refractivity contribution < 1.29 is 4.74 Å². The second-order valence-electron chi connectivity index (χ2n) is 2.93. The first-order chi connectivity index (χ1) is 6.84. The minimum Gasteiger partial charge on any atom is -0.502 e. The van der Waals surface area contributed by atoms with Crippen LogP contribution in [0.2, 0.25) is 0 Å². The normalized spacial score (nSPS) is 10.1. The average molecular weight is 212 g/mol. The number of ether oxygens (including phenoxy) is 1. The van der Waals surface area contributed by atoms with Crippen molar-refractivity contribution in [2.45, 2.75) is 19.9 Å². The van der Waals surface area contributed by atoms with E-state index in [1.165, 1.54) is 11.1 Å². The predicted octanol–water partition coefficient (Wildman–Crippen LogP) is 2.09. The van der Waals surface area contributed by atoms with Crippen LogP contribution in [0.25, 0.3) is 0 Å². The Balaban J connectivity index is 2.04. The maximum absolute atomic E-state index is 5.01. The van der Waals surface area contributed by atoms with Crippen LogP contribution in [-0.4, -0.2) is 18.1 Å². The lowest BCUT2D eigenvalue weighted by molar-refractivity contribution is 0.244. The number of hydrogen-bond donors (Lipinski definition) is 1. The fourth-order valence-corrected chi connectivity index (χ4v) is 1.81. The van der Waals surface area contributed by atoms with Gasteiger partial charge >= 0.3 is 0 Å². The monoisotopic (exact) mass is 212 g/mol. The molecule has 1 rings (SSSR count). The molecule has 78 valence electrons. The predicted molar refractivity (Wildman–Crippen MR) is 59.3 cm³/mol. The summed E-state index contributed by atoms with van der Waals surface area (Å²) >= 11 is 1.70. The van der Waals surface area contributed by atoms with Gasteiger partial charge in [0.2, 0.25) is 0 Å². The molecule has 1 N–H and O–H groups in total. The van der Waals surface area contributed by atoms with Crippen molar-refractivity contribution in [3.8, 4) is 0 Å². The highest BCUT2D eigenvalue weighted by atomic mass is 32.1. The first-order valence-corrected chi connectivity index (χ1v) is 5.54. The van der Waals surface area contributed by atoms with Crippen LogP contribution in [0.4, 0.5) is 0 Å². The van der Waals surface area contributed by atoms with Gasteiger partial charge in [0.1, 0.15) is 0 Å². The Morgan fingerprint density at radius 1 is 1.71 bits per heavy atom. The number of hydrogen-bond acceptors (Lipinski definition) is 4. The Labute approximate surface area is 88.8 Å². The molecule has 0 atom stereocenters. The summed E-state index contributed by atoms with van der Waals surface area (Å²) in [6.45, 7) is 8.12. The van der Waals surface area contributed by atoms with E-state index < -0.39 is 0 Å². The maximum Gasteiger partial charge on any atom is 0.0885 e. The highest BCUT2D eigenvalue weighted by molar-refractivity contribution is 7.09. The van der Waals surface area contributed by atoms with Crippen molar-refractivity contribution in [3.63, 3.8) is 0 Å². The second kappa shape index (κ2) is 6.56. The molecule has 4 heteroatoms. The van der Waals surface area contributed by atoms with E-state index in [1.54, 1.807) is 11.3 Å². The average Bonchev–Trinajstić information content (AvgIpc) is 2.58. The summed E-state index contributed by atoms with van der Waals surface area (Å²) in [6, 6.07) is 0. The standard InChI is InChI=1S/C10H16N2OS/c1-3-13-6-4-5-11-7-10-9(2)12-8-14-10/h3,8,11H,1,4-7H2,2H3. The van der Waals surface area contributed by atoms with E-state index in [4.69, 9.17) is 4.74 Å². The van der Waals surface area contributed by atoms with Crippen molar-refractivity contribution in [2.75, 3.05) is 13.2 Å². The van der Waals surface area contributed by atoms with Gasteiger partial charge in [-0.25, -0.2) is 4.98 Å². The highest BCUT2D eigenvalue weighted by Crippen LogP contribution is 2.10. The van der Waals surface area contributed by atoms with Crippen LogP contribution in [-0.2, 0) is 11.3 Å². The number of aromatic nitrogens is 1. The molecule has 0 aliphatic rings. The molecule has 0 aromatic carbocycles. The van der Waals surface area contributed by atoms with Crippen LogP contribution in [0.1, 0.15) is 17.0 Å². The van der Waals surface area contributed by atoms with E-state index in [9.17, 15) is 0 Å². The minimum atomic E-state index is 0.734. The van der Waals surface area contributed by atoms with Crippen LogP contribution in [0.15, 0.2) is 18.4 Å². The molecule has 0 bridgehead atoms. The summed E-state index contributed by atoms with van der Waals surface area (Å²) in [5.41, 5.74) is 3.01. The summed E-state index contributed by atoms with van der Waals surface area (Å²) < 4.78 is 5.01. The van der Waals surface area contributed by atoms with Gasteiger partial charge in [0.15, 0.2) is 0 Å². The highest BCUT2D eigenvalue weighted by Gasteiger charge is 1.99. The van der Waals surface area contributed by atoms with Crippen molar-refractivity contribution in [2.24, 2.45) is 0 Å². The van der Waals surface area contributed by atoms with Gasteiger partial charge < -0.3 is 10.1 Å². The molecule has 0 fully saturated rings. The lowest BCUT2D eigenvalue weighted by Crippen LogP contribution is -2.15. The van der Waals surface area contributed by atoms with Gasteiger partial charge in [-0.2, -0.15) is 0 Å². The Kier molecular flexibility index (Phi) is 5.25. The van der Waals surface area contributed by atoms with E-state index in [1.807, 2.05) is 12.4 Å². The molecule has 0 saturated carbocycles. The summed E-state index contributed by atoms with van der Waals surface area (Å²) in [5.74, 6) is 0. The second-order valence-corrected chi connectivity index (χ2v) is 3.87. The van der Waals surface area contributed by atoms with Crippen molar-refractivity contribution >= 4 is 11.3 Å². The summed E-state index contributed by atoms with van der Waals surface area (Å²) in [6.07, 6.45) is 2.48. The zero-order chi connectivity index (χ0) is 10.2. The lowest BCUT2D eigenvalue weighted by atomic mass is 10.4. The van der Waals surface area contributed by atoms with Gasteiger partial charge in [-0.05, 0) is 19.9 Å². The molecule has 0 unspecified atom stereocenters. The minimum absolute atomic E-state index is 0.734. The van der Waals surface area contributed by atoms with E-state index in [2.05, 4.69) is 16.9 Å². The lowest BCUT2D eigenvalue weighted by Gasteiger charge is -2.03. The molecule has 0 amide bonds. The number of thiazole rings is 1. The van der Waals surface area contributed by atoms with Gasteiger partial charge in [-0.1, -0.05) is 6.58 Å². The molecule has 1 aromatic heterocycles. The molecular weight excluding hydrogens is 196 g/mol. The van der Waals surface area contributed by atoms with Gasteiger partial charge in [-0.15, -0.1) is 11.3 Å². The van der Waals surface area contributed by atoms with E-state index in [-0.39, 0.29) is 0 Å². The Morgan fingerprint density at radius 3 is 3.21 bits per heavy atom. The van der Waals surface area contributed by atoms with Crippen LogP contribution in [0.3, 0.4) is 0 Å². The van der Waals surface area contributed by atoms with Crippen LogP contribution >= 0.6 is 11.3 Å². The fraction of sp³-hybridized carbons (Fsp3) is 0.500. The molecule has 0 saturated heterocycles. The quantitative estimate of drug-likeness (QED) is 0.555.